The van der Waals surface area contributed by atoms with Crippen molar-refractivity contribution in [3.8, 4) is 0 Å². The summed E-state index contributed by atoms with van der Waals surface area (Å²) in [5, 5.41) is 0. The molecule has 2 aromatic carbocycles. The molecule has 0 spiro atoms. The molecule has 17 heavy (non-hydrogen) atoms. The van der Waals surface area contributed by atoms with Crippen molar-refractivity contribution in [3.05, 3.63) is 60.2 Å². The Hall–Kier alpha value is -1.58. The van der Waals surface area contributed by atoms with Crippen molar-refractivity contribution in [3.63, 3.8) is 0 Å². The van der Waals surface area contributed by atoms with Crippen LogP contribution < -0.4 is 10.9 Å². The van der Waals surface area contributed by atoms with E-state index < -0.39 is 0 Å². The highest BCUT2D eigenvalue weighted by atomic mass is 16.0. The molecule has 0 unspecified atom stereocenters. The summed E-state index contributed by atoms with van der Waals surface area (Å²) >= 11 is 0. The van der Waals surface area contributed by atoms with E-state index in [1.807, 2.05) is 6.07 Å². The van der Waals surface area contributed by atoms with Crippen molar-refractivity contribution in [2.45, 2.75) is 13.3 Å². The molecule has 0 saturated heterocycles. The van der Waals surface area contributed by atoms with E-state index in [2.05, 4.69) is 62.7 Å². The van der Waals surface area contributed by atoms with Crippen LogP contribution in [-0.2, 0) is 6.42 Å². The first-order valence-corrected chi connectivity index (χ1v) is 5.37. The SMILES string of the molecule is CCc1ccc([B]c2ccccc2)cc1.O.O. The average Bonchev–Trinajstić information content (AvgIpc) is 2.31. The summed E-state index contributed by atoms with van der Waals surface area (Å²) in [6.45, 7) is 2.18. The Morgan fingerprint density at radius 3 is 1.82 bits per heavy atom. The minimum atomic E-state index is 0. The quantitative estimate of drug-likeness (QED) is 0.677. The van der Waals surface area contributed by atoms with Gasteiger partial charge in [0.1, 0.15) is 0 Å². The van der Waals surface area contributed by atoms with Gasteiger partial charge in [-0.1, -0.05) is 72.4 Å². The van der Waals surface area contributed by atoms with E-state index in [1.54, 1.807) is 0 Å². The standard InChI is InChI=1S/C14H14B.2H2O/c1-2-12-8-10-14(11-9-12)15-13-6-4-3-5-7-13;;/h3-11H,2H2,1H3;2*1H2. The summed E-state index contributed by atoms with van der Waals surface area (Å²) < 4.78 is 0. The van der Waals surface area contributed by atoms with Gasteiger partial charge >= 0.3 is 0 Å². The van der Waals surface area contributed by atoms with Gasteiger partial charge in [-0.15, -0.1) is 0 Å². The van der Waals surface area contributed by atoms with E-state index >= 15 is 0 Å². The number of rotatable bonds is 3. The summed E-state index contributed by atoms with van der Waals surface area (Å²) in [4.78, 5) is 0. The molecular weight excluding hydrogens is 211 g/mol. The predicted octanol–water partition coefficient (Wildman–Crippen LogP) is 0.255. The van der Waals surface area contributed by atoms with Crippen molar-refractivity contribution in [1.82, 2.24) is 0 Å². The fourth-order valence-corrected chi connectivity index (χ4v) is 1.59. The molecule has 1 radical (unpaired) electrons. The van der Waals surface area contributed by atoms with Gasteiger partial charge in [0.25, 0.3) is 0 Å². The van der Waals surface area contributed by atoms with Gasteiger partial charge in [-0.2, -0.15) is 0 Å². The van der Waals surface area contributed by atoms with Gasteiger partial charge in [-0.25, -0.2) is 0 Å². The predicted molar refractivity (Wildman–Crippen MR) is 74.5 cm³/mol. The first-order chi connectivity index (χ1) is 7.38. The zero-order valence-corrected chi connectivity index (χ0v) is 9.98. The molecule has 0 aromatic heterocycles. The first kappa shape index (κ1) is 15.4. The maximum atomic E-state index is 2.19. The lowest BCUT2D eigenvalue weighted by molar-refractivity contribution is 0.823. The molecule has 2 rings (SSSR count). The third kappa shape index (κ3) is 4.43. The number of hydrogen-bond acceptors (Lipinski definition) is 0. The molecule has 0 heterocycles. The Balaban J connectivity index is 0.00000128. The van der Waals surface area contributed by atoms with E-state index in [0.717, 1.165) is 6.42 Å². The Bertz CT molecular complexity index is 412. The second-order valence-electron chi connectivity index (χ2n) is 3.65. The van der Waals surface area contributed by atoms with E-state index in [4.69, 9.17) is 0 Å². The number of hydrogen-bond donors (Lipinski definition) is 0. The van der Waals surface area contributed by atoms with Crippen LogP contribution in [0.15, 0.2) is 54.6 Å². The van der Waals surface area contributed by atoms with E-state index in [9.17, 15) is 0 Å². The minimum Gasteiger partial charge on any atom is -0.412 e. The lowest BCUT2D eigenvalue weighted by Crippen LogP contribution is -2.26. The fourth-order valence-electron chi connectivity index (χ4n) is 1.59. The number of aryl methyl sites for hydroxylation is 1. The highest BCUT2D eigenvalue weighted by Gasteiger charge is 1.97. The molecule has 0 fully saturated rings. The van der Waals surface area contributed by atoms with Gasteiger partial charge in [0.2, 0.25) is 0 Å². The third-order valence-electron chi connectivity index (χ3n) is 2.52. The molecule has 0 bridgehead atoms. The monoisotopic (exact) mass is 229 g/mol. The molecule has 3 heteroatoms. The van der Waals surface area contributed by atoms with Gasteiger partial charge in [-0.05, 0) is 12.0 Å². The third-order valence-corrected chi connectivity index (χ3v) is 2.52. The minimum absolute atomic E-state index is 0. The largest absolute Gasteiger partial charge is 0.412 e. The van der Waals surface area contributed by atoms with E-state index in [1.165, 1.54) is 16.5 Å². The molecular formula is C14H18BO2. The smallest absolute Gasteiger partial charge is 0.191 e. The Morgan fingerprint density at radius 1 is 0.765 bits per heavy atom. The molecule has 0 atom stereocenters. The van der Waals surface area contributed by atoms with Gasteiger partial charge in [0.15, 0.2) is 7.28 Å². The Labute approximate surface area is 103 Å². The van der Waals surface area contributed by atoms with Crippen LogP contribution in [0.4, 0.5) is 0 Å². The summed E-state index contributed by atoms with van der Waals surface area (Å²) in [5.74, 6) is 0. The second-order valence-corrected chi connectivity index (χ2v) is 3.65. The molecule has 0 saturated carbocycles. The summed E-state index contributed by atoms with van der Waals surface area (Å²) in [6.07, 6.45) is 1.10. The van der Waals surface area contributed by atoms with Crippen LogP contribution >= 0.6 is 0 Å². The lowest BCUT2D eigenvalue weighted by Gasteiger charge is -2.01. The van der Waals surface area contributed by atoms with Crippen LogP contribution in [0.5, 0.6) is 0 Å². The Kier molecular flexibility index (Phi) is 6.95. The van der Waals surface area contributed by atoms with Crippen molar-refractivity contribution < 1.29 is 11.0 Å². The summed E-state index contributed by atoms with van der Waals surface area (Å²) in [5.41, 5.74) is 3.90. The van der Waals surface area contributed by atoms with Gasteiger partial charge in [0.05, 0.1) is 0 Å². The summed E-state index contributed by atoms with van der Waals surface area (Å²) in [7, 11) is 2.19. The molecule has 0 aliphatic rings. The van der Waals surface area contributed by atoms with Crippen molar-refractivity contribution >= 4 is 18.2 Å². The molecule has 0 aliphatic carbocycles. The van der Waals surface area contributed by atoms with E-state index in [0.29, 0.717) is 0 Å². The molecule has 4 N–H and O–H groups in total. The fraction of sp³-hybridized carbons (Fsp3) is 0.143. The average molecular weight is 229 g/mol. The molecule has 89 valence electrons. The van der Waals surface area contributed by atoms with Gasteiger partial charge in [0, 0.05) is 0 Å². The van der Waals surface area contributed by atoms with Crippen molar-refractivity contribution in [2.24, 2.45) is 0 Å². The maximum absolute atomic E-state index is 2.19. The molecule has 2 aromatic rings. The number of benzene rings is 2. The van der Waals surface area contributed by atoms with Crippen LogP contribution in [0, 0.1) is 0 Å². The summed E-state index contributed by atoms with van der Waals surface area (Å²) in [6, 6.07) is 19.1. The normalized spacial score (nSPS) is 8.76. The maximum Gasteiger partial charge on any atom is 0.191 e. The Morgan fingerprint density at radius 2 is 1.29 bits per heavy atom. The van der Waals surface area contributed by atoms with Crippen LogP contribution in [-0.4, -0.2) is 18.2 Å². The first-order valence-electron chi connectivity index (χ1n) is 5.37. The lowest BCUT2D eigenvalue weighted by atomic mass is 9.64. The molecule has 2 nitrogen and oxygen atoms in total. The van der Waals surface area contributed by atoms with Crippen LogP contribution in [0.1, 0.15) is 12.5 Å². The highest BCUT2D eigenvalue weighted by molar-refractivity contribution is 6.67. The van der Waals surface area contributed by atoms with Gasteiger partial charge in [-0.3, -0.25) is 0 Å². The topological polar surface area (TPSA) is 63.0 Å². The molecule has 0 aliphatic heterocycles. The molecule has 0 amide bonds. The van der Waals surface area contributed by atoms with Crippen molar-refractivity contribution in [1.29, 1.82) is 0 Å². The second kappa shape index (κ2) is 7.66. The van der Waals surface area contributed by atoms with Crippen LogP contribution in [0.2, 0.25) is 0 Å². The van der Waals surface area contributed by atoms with Crippen LogP contribution in [0.25, 0.3) is 0 Å². The van der Waals surface area contributed by atoms with Gasteiger partial charge < -0.3 is 11.0 Å². The van der Waals surface area contributed by atoms with Crippen molar-refractivity contribution in [2.75, 3.05) is 0 Å². The zero-order chi connectivity index (χ0) is 10.5. The van der Waals surface area contributed by atoms with Crippen LogP contribution in [0.3, 0.4) is 0 Å². The van der Waals surface area contributed by atoms with E-state index in [-0.39, 0.29) is 11.0 Å². The zero-order valence-electron chi connectivity index (χ0n) is 9.98. The highest BCUT2D eigenvalue weighted by Crippen LogP contribution is 1.96.